The largest absolute Gasteiger partial charge is 0.469 e. The van der Waals surface area contributed by atoms with Crippen molar-refractivity contribution in [1.82, 2.24) is 0 Å². The van der Waals surface area contributed by atoms with Crippen LogP contribution < -0.4 is 0 Å². The summed E-state index contributed by atoms with van der Waals surface area (Å²) in [5.74, 6) is -0.579. The number of unbranched alkanes of at least 4 members (excludes halogenated alkanes) is 3. The van der Waals surface area contributed by atoms with E-state index < -0.39 is 18.0 Å². The molecule has 0 amide bonds. The van der Waals surface area contributed by atoms with E-state index in [9.17, 15) is 15.0 Å². The molecule has 6 heteroatoms. The second-order valence-electron chi connectivity index (χ2n) is 8.48. The molecule has 4 atom stereocenters. The number of allylic oxidation sites excluding steroid dienone is 2. The fourth-order valence-corrected chi connectivity index (χ4v) is 4.69. The highest BCUT2D eigenvalue weighted by Crippen LogP contribution is 2.41. The molecule has 168 valence electrons. The van der Waals surface area contributed by atoms with Gasteiger partial charge in [-0.25, -0.2) is 0 Å². The summed E-state index contributed by atoms with van der Waals surface area (Å²) < 4.78 is 16.6. The molecule has 1 unspecified atom stereocenters. The van der Waals surface area contributed by atoms with Crippen molar-refractivity contribution in [3.63, 3.8) is 0 Å². The van der Waals surface area contributed by atoms with Gasteiger partial charge in [0.05, 0.1) is 32.5 Å². The minimum atomic E-state index is -0.503. The molecule has 1 saturated carbocycles. The van der Waals surface area contributed by atoms with Gasteiger partial charge in [-0.15, -0.1) is 0 Å². The first-order valence-electron chi connectivity index (χ1n) is 11.4. The summed E-state index contributed by atoms with van der Waals surface area (Å²) in [6, 6.07) is 0. The summed E-state index contributed by atoms with van der Waals surface area (Å²) in [7, 11) is 1.40. The minimum Gasteiger partial charge on any atom is -0.469 e. The van der Waals surface area contributed by atoms with Gasteiger partial charge in [-0.1, -0.05) is 31.9 Å². The van der Waals surface area contributed by atoms with E-state index >= 15 is 0 Å². The number of aliphatic hydroxyl groups excluding tert-OH is 2. The van der Waals surface area contributed by atoms with Crippen LogP contribution in [-0.4, -0.2) is 54.5 Å². The van der Waals surface area contributed by atoms with Gasteiger partial charge in [0.25, 0.3) is 0 Å². The Balaban J connectivity index is 1.82. The van der Waals surface area contributed by atoms with Gasteiger partial charge in [0.15, 0.2) is 5.79 Å². The summed E-state index contributed by atoms with van der Waals surface area (Å²) in [6.07, 6.45) is 12.3. The van der Waals surface area contributed by atoms with Gasteiger partial charge >= 0.3 is 5.97 Å². The fourth-order valence-electron chi connectivity index (χ4n) is 4.69. The third kappa shape index (κ3) is 7.67. The molecule has 2 N–H and O–H groups in total. The van der Waals surface area contributed by atoms with Crippen LogP contribution in [0.3, 0.4) is 0 Å². The maximum atomic E-state index is 11.1. The number of rotatable bonds is 13. The molecule has 0 aromatic carbocycles. The van der Waals surface area contributed by atoms with Crippen molar-refractivity contribution in [2.24, 2.45) is 11.8 Å². The molecule has 0 radical (unpaired) electrons. The predicted octanol–water partition coefficient (Wildman–Crippen LogP) is 3.74. The number of carbonyl (C=O) groups excluding carboxylic acids is 1. The molecule has 1 heterocycles. The van der Waals surface area contributed by atoms with E-state index in [-0.39, 0.29) is 17.8 Å². The lowest BCUT2D eigenvalue weighted by molar-refractivity contribution is -0.171. The number of carbonyl (C=O) groups is 1. The van der Waals surface area contributed by atoms with Crippen LogP contribution in [0.25, 0.3) is 0 Å². The Morgan fingerprint density at radius 2 is 1.79 bits per heavy atom. The summed E-state index contributed by atoms with van der Waals surface area (Å²) in [4.78, 5) is 11.1. The Bertz CT molecular complexity index is 500. The van der Waals surface area contributed by atoms with E-state index in [1.165, 1.54) is 13.5 Å². The van der Waals surface area contributed by atoms with Gasteiger partial charge in [-0.05, 0) is 50.4 Å². The van der Waals surface area contributed by atoms with Crippen LogP contribution in [0.4, 0.5) is 0 Å². The van der Waals surface area contributed by atoms with Crippen molar-refractivity contribution < 1.29 is 29.2 Å². The summed E-state index contributed by atoms with van der Waals surface area (Å²) >= 11 is 0. The third-order valence-electron chi connectivity index (χ3n) is 6.41. The second-order valence-corrected chi connectivity index (χ2v) is 8.48. The topological polar surface area (TPSA) is 85.2 Å². The highest BCUT2D eigenvalue weighted by molar-refractivity contribution is 5.69. The van der Waals surface area contributed by atoms with Crippen molar-refractivity contribution >= 4 is 5.97 Å². The SMILES string of the molecule is CCCCCC1(CC[C@@H]2C(C/C=C\CCCC(=O)OC)[C@@H](O)C[C@H]2O)OCCO1. The molecule has 1 aliphatic carbocycles. The van der Waals surface area contributed by atoms with Crippen LogP contribution in [0.2, 0.25) is 0 Å². The molecular weight excluding hydrogens is 372 g/mol. The van der Waals surface area contributed by atoms with Crippen LogP contribution >= 0.6 is 0 Å². The Morgan fingerprint density at radius 1 is 1.07 bits per heavy atom. The molecule has 0 spiro atoms. The first-order valence-corrected chi connectivity index (χ1v) is 11.4. The summed E-state index contributed by atoms with van der Waals surface area (Å²) in [6.45, 7) is 3.46. The number of ether oxygens (including phenoxy) is 3. The van der Waals surface area contributed by atoms with E-state index in [0.717, 1.165) is 51.4 Å². The van der Waals surface area contributed by atoms with Crippen molar-refractivity contribution in [2.75, 3.05) is 20.3 Å². The second kappa shape index (κ2) is 12.7. The Labute approximate surface area is 175 Å². The van der Waals surface area contributed by atoms with Crippen LogP contribution in [0.15, 0.2) is 12.2 Å². The lowest BCUT2D eigenvalue weighted by Crippen LogP contribution is -2.33. The molecule has 29 heavy (non-hydrogen) atoms. The molecule has 0 bridgehead atoms. The number of methoxy groups -OCH3 is 1. The van der Waals surface area contributed by atoms with E-state index in [1.807, 2.05) is 0 Å². The average molecular weight is 413 g/mol. The molecule has 0 aromatic rings. The van der Waals surface area contributed by atoms with Crippen molar-refractivity contribution in [1.29, 1.82) is 0 Å². The normalized spacial score (nSPS) is 29.0. The lowest BCUT2D eigenvalue weighted by atomic mass is 9.85. The van der Waals surface area contributed by atoms with Gasteiger partial charge < -0.3 is 24.4 Å². The molecule has 1 saturated heterocycles. The molecule has 2 aliphatic rings. The first kappa shape index (κ1) is 24.3. The Hall–Kier alpha value is -0.950. The smallest absolute Gasteiger partial charge is 0.305 e. The minimum absolute atomic E-state index is 0.0518. The van der Waals surface area contributed by atoms with Crippen LogP contribution in [-0.2, 0) is 19.0 Å². The van der Waals surface area contributed by atoms with E-state index in [2.05, 4.69) is 23.8 Å². The van der Waals surface area contributed by atoms with Crippen molar-refractivity contribution in [3.8, 4) is 0 Å². The maximum absolute atomic E-state index is 11.1. The Morgan fingerprint density at radius 3 is 2.48 bits per heavy atom. The highest BCUT2D eigenvalue weighted by Gasteiger charge is 2.43. The molecule has 2 fully saturated rings. The van der Waals surface area contributed by atoms with Gasteiger partial charge in [-0.2, -0.15) is 0 Å². The van der Waals surface area contributed by atoms with Crippen molar-refractivity contribution in [2.45, 2.75) is 95.5 Å². The average Bonchev–Trinajstić information content (AvgIpc) is 3.27. The molecule has 6 nitrogen and oxygen atoms in total. The zero-order chi connectivity index (χ0) is 21.1. The number of esters is 1. The van der Waals surface area contributed by atoms with Gasteiger partial charge in [-0.3, -0.25) is 4.79 Å². The molecule has 0 aromatic heterocycles. The number of hydrogen-bond donors (Lipinski definition) is 2. The first-order chi connectivity index (χ1) is 14.0. The van der Waals surface area contributed by atoms with Crippen molar-refractivity contribution in [3.05, 3.63) is 12.2 Å². The lowest BCUT2D eigenvalue weighted by Gasteiger charge is -2.31. The summed E-state index contributed by atoms with van der Waals surface area (Å²) in [5.41, 5.74) is 0. The van der Waals surface area contributed by atoms with Gasteiger partial charge in [0.1, 0.15) is 0 Å². The zero-order valence-electron chi connectivity index (χ0n) is 18.2. The Kier molecular flexibility index (Phi) is 10.6. The quantitative estimate of drug-likeness (QED) is 0.272. The molecular formula is C23H40O6. The zero-order valence-corrected chi connectivity index (χ0v) is 18.2. The highest BCUT2D eigenvalue weighted by atomic mass is 16.7. The predicted molar refractivity (Wildman–Crippen MR) is 111 cm³/mol. The van der Waals surface area contributed by atoms with Crippen LogP contribution in [0.5, 0.6) is 0 Å². The maximum Gasteiger partial charge on any atom is 0.305 e. The fraction of sp³-hybridized carbons (Fsp3) is 0.870. The third-order valence-corrected chi connectivity index (χ3v) is 6.41. The van der Waals surface area contributed by atoms with E-state index in [1.54, 1.807) is 0 Å². The van der Waals surface area contributed by atoms with Gasteiger partial charge in [0.2, 0.25) is 0 Å². The number of hydrogen-bond acceptors (Lipinski definition) is 6. The van der Waals surface area contributed by atoms with Crippen LogP contribution in [0.1, 0.15) is 77.6 Å². The van der Waals surface area contributed by atoms with Gasteiger partial charge in [0, 0.05) is 19.3 Å². The monoisotopic (exact) mass is 412 g/mol. The van der Waals surface area contributed by atoms with Crippen LogP contribution in [0, 0.1) is 11.8 Å². The molecule has 1 aliphatic heterocycles. The number of aliphatic hydroxyl groups is 2. The van der Waals surface area contributed by atoms with E-state index in [4.69, 9.17) is 9.47 Å². The standard InChI is InChI=1S/C23H40O6/c1-3-4-9-13-23(28-15-16-29-23)14-12-19-18(20(24)17-21(19)25)10-7-5-6-8-11-22(26)27-2/h5,7,18-21,24-25H,3-4,6,8-17H2,1-2H3/b7-5-/t18?,19-,20+,21-/m1/s1. The summed E-state index contributed by atoms with van der Waals surface area (Å²) in [5, 5.41) is 21.0. The van der Waals surface area contributed by atoms with E-state index in [0.29, 0.717) is 26.1 Å². The molecule has 2 rings (SSSR count).